The standard InChI is InChI=1S/C30H39N3O4/c1-7-32(8-2)22-15-17-24(27(20-22)35-11-5)29-25(14-13-19-31-29)30(34)37-26-18-16-23(33(9-3)10-4)21-28(26)36-12-6/h13-21H,7-12H2,1-6H3. The minimum Gasteiger partial charge on any atom is -0.493 e. The maximum absolute atomic E-state index is 13.5. The molecule has 7 nitrogen and oxygen atoms in total. The van der Waals surface area contributed by atoms with Gasteiger partial charge in [-0.2, -0.15) is 0 Å². The number of hydrogen-bond donors (Lipinski definition) is 0. The van der Waals surface area contributed by atoms with Crippen LogP contribution >= 0.6 is 0 Å². The van der Waals surface area contributed by atoms with Gasteiger partial charge in [0.1, 0.15) is 5.75 Å². The van der Waals surface area contributed by atoms with Crippen LogP contribution in [0.3, 0.4) is 0 Å². The molecule has 0 aliphatic rings. The molecule has 37 heavy (non-hydrogen) atoms. The van der Waals surface area contributed by atoms with Gasteiger partial charge in [-0.15, -0.1) is 0 Å². The highest BCUT2D eigenvalue weighted by molar-refractivity contribution is 5.98. The van der Waals surface area contributed by atoms with Crippen molar-refractivity contribution in [2.24, 2.45) is 0 Å². The Morgan fingerprint density at radius 1 is 0.730 bits per heavy atom. The van der Waals surface area contributed by atoms with Gasteiger partial charge < -0.3 is 24.0 Å². The van der Waals surface area contributed by atoms with Crippen molar-refractivity contribution < 1.29 is 19.0 Å². The lowest BCUT2D eigenvalue weighted by Gasteiger charge is -2.23. The van der Waals surface area contributed by atoms with Gasteiger partial charge in [-0.1, -0.05) is 0 Å². The van der Waals surface area contributed by atoms with Gasteiger partial charge in [0, 0.05) is 61.4 Å². The first-order valence-corrected chi connectivity index (χ1v) is 13.2. The van der Waals surface area contributed by atoms with Gasteiger partial charge in [0.25, 0.3) is 0 Å². The number of rotatable bonds is 13. The molecule has 0 atom stereocenters. The molecule has 0 saturated carbocycles. The van der Waals surface area contributed by atoms with Crippen molar-refractivity contribution in [2.75, 3.05) is 49.2 Å². The van der Waals surface area contributed by atoms with Gasteiger partial charge in [0.15, 0.2) is 11.5 Å². The number of esters is 1. The minimum atomic E-state index is -0.505. The van der Waals surface area contributed by atoms with E-state index in [2.05, 4.69) is 42.5 Å². The molecule has 7 heteroatoms. The average molecular weight is 506 g/mol. The summed E-state index contributed by atoms with van der Waals surface area (Å²) in [5, 5.41) is 0. The van der Waals surface area contributed by atoms with Crippen LogP contribution in [0, 0.1) is 0 Å². The van der Waals surface area contributed by atoms with Gasteiger partial charge in [-0.3, -0.25) is 4.98 Å². The van der Waals surface area contributed by atoms with Gasteiger partial charge in [-0.05, 0) is 77.9 Å². The number of pyridine rings is 1. The lowest BCUT2D eigenvalue weighted by atomic mass is 10.0. The third-order valence-corrected chi connectivity index (χ3v) is 6.23. The first-order valence-electron chi connectivity index (χ1n) is 13.2. The lowest BCUT2D eigenvalue weighted by Crippen LogP contribution is -2.22. The molecular formula is C30H39N3O4. The summed E-state index contributed by atoms with van der Waals surface area (Å²) in [6.45, 7) is 16.8. The zero-order valence-corrected chi connectivity index (χ0v) is 22.9. The molecule has 1 aromatic heterocycles. The summed E-state index contributed by atoms with van der Waals surface area (Å²) in [7, 11) is 0. The molecule has 0 unspecified atom stereocenters. The van der Waals surface area contributed by atoms with Crippen LogP contribution in [0.2, 0.25) is 0 Å². The fourth-order valence-electron chi connectivity index (χ4n) is 4.34. The number of anilines is 2. The van der Waals surface area contributed by atoms with E-state index in [0.717, 1.165) is 43.1 Å². The Hall–Kier alpha value is -3.74. The summed E-state index contributed by atoms with van der Waals surface area (Å²) >= 11 is 0. The molecule has 0 spiro atoms. The Morgan fingerprint density at radius 3 is 1.89 bits per heavy atom. The molecule has 198 valence electrons. The molecule has 0 bridgehead atoms. The number of nitrogens with zero attached hydrogens (tertiary/aromatic N) is 3. The zero-order valence-electron chi connectivity index (χ0n) is 22.9. The van der Waals surface area contributed by atoms with Crippen LogP contribution in [0.15, 0.2) is 54.7 Å². The number of hydrogen-bond acceptors (Lipinski definition) is 7. The number of ether oxygens (including phenoxy) is 3. The molecule has 0 aliphatic heterocycles. The largest absolute Gasteiger partial charge is 0.493 e. The summed E-state index contributed by atoms with van der Waals surface area (Å²) in [6.07, 6.45) is 1.67. The second kappa shape index (κ2) is 13.5. The molecular weight excluding hydrogens is 466 g/mol. The van der Waals surface area contributed by atoms with Crippen LogP contribution in [-0.2, 0) is 0 Å². The summed E-state index contributed by atoms with van der Waals surface area (Å²) in [5.74, 6) is 1.08. The molecule has 0 fully saturated rings. The zero-order chi connectivity index (χ0) is 26.8. The van der Waals surface area contributed by atoms with E-state index in [-0.39, 0.29) is 0 Å². The van der Waals surface area contributed by atoms with Crippen molar-refractivity contribution in [3.8, 4) is 28.5 Å². The third-order valence-electron chi connectivity index (χ3n) is 6.23. The van der Waals surface area contributed by atoms with Crippen molar-refractivity contribution in [1.82, 2.24) is 4.98 Å². The molecule has 0 aliphatic carbocycles. The second-order valence-corrected chi connectivity index (χ2v) is 8.31. The second-order valence-electron chi connectivity index (χ2n) is 8.31. The smallest absolute Gasteiger partial charge is 0.345 e. The Kier molecular flexibility index (Phi) is 10.2. The summed E-state index contributed by atoms with van der Waals surface area (Å²) in [4.78, 5) is 22.5. The van der Waals surface area contributed by atoms with E-state index in [1.54, 1.807) is 24.4 Å². The van der Waals surface area contributed by atoms with Gasteiger partial charge in [0.05, 0.1) is 24.5 Å². The van der Waals surface area contributed by atoms with E-state index in [0.29, 0.717) is 41.7 Å². The van der Waals surface area contributed by atoms with Crippen LogP contribution in [0.5, 0.6) is 17.2 Å². The van der Waals surface area contributed by atoms with Crippen molar-refractivity contribution in [2.45, 2.75) is 41.5 Å². The topological polar surface area (TPSA) is 64.1 Å². The Morgan fingerprint density at radius 2 is 1.30 bits per heavy atom. The van der Waals surface area contributed by atoms with E-state index < -0.39 is 5.97 Å². The maximum atomic E-state index is 13.5. The summed E-state index contributed by atoms with van der Waals surface area (Å²) in [5.41, 5.74) is 3.69. The van der Waals surface area contributed by atoms with Crippen molar-refractivity contribution >= 4 is 17.3 Å². The van der Waals surface area contributed by atoms with Gasteiger partial charge >= 0.3 is 5.97 Å². The van der Waals surface area contributed by atoms with Gasteiger partial charge in [-0.25, -0.2) is 4.79 Å². The predicted molar refractivity (Wildman–Crippen MR) is 151 cm³/mol. The van der Waals surface area contributed by atoms with Crippen LogP contribution in [-0.4, -0.2) is 50.3 Å². The van der Waals surface area contributed by atoms with E-state index in [1.807, 2.05) is 44.2 Å². The monoisotopic (exact) mass is 505 g/mol. The van der Waals surface area contributed by atoms with Crippen molar-refractivity contribution in [3.05, 3.63) is 60.3 Å². The van der Waals surface area contributed by atoms with Crippen LogP contribution in [0.4, 0.5) is 11.4 Å². The van der Waals surface area contributed by atoms with Crippen LogP contribution in [0.25, 0.3) is 11.3 Å². The quantitative estimate of drug-likeness (QED) is 0.195. The fraction of sp³-hybridized carbons (Fsp3) is 0.400. The van der Waals surface area contributed by atoms with E-state index >= 15 is 0 Å². The Balaban J connectivity index is 1.99. The van der Waals surface area contributed by atoms with Crippen LogP contribution in [0.1, 0.15) is 51.9 Å². The first kappa shape index (κ1) is 27.8. The molecule has 0 saturated heterocycles. The number of carbonyl (C=O) groups is 1. The van der Waals surface area contributed by atoms with Crippen molar-refractivity contribution in [3.63, 3.8) is 0 Å². The average Bonchev–Trinajstić information content (AvgIpc) is 2.92. The molecule has 0 amide bonds. The highest BCUT2D eigenvalue weighted by Crippen LogP contribution is 2.36. The number of aromatic nitrogens is 1. The predicted octanol–water partition coefficient (Wildman–Crippen LogP) is 6.46. The molecule has 2 aromatic carbocycles. The number of benzene rings is 2. The van der Waals surface area contributed by atoms with E-state index in [9.17, 15) is 4.79 Å². The highest BCUT2D eigenvalue weighted by atomic mass is 16.6. The number of carbonyl (C=O) groups excluding carboxylic acids is 1. The molecule has 0 N–H and O–H groups in total. The van der Waals surface area contributed by atoms with Crippen molar-refractivity contribution in [1.29, 1.82) is 0 Å². The maximum Gasteiger partial charge on any atom is 0.345 e. The minimum absolute atomic E-state index is 0.356. The van der Waals surface area contributed by atoms with E-state index in [1.165, 1.54) is 0 Å². The Bertz CT molecular complexity index is 1170. The summed E-state index contributed by atoms with van der Waals surface area (Å²) in [6, 6.07) is 15.1. The molecule has 3 aromatic rings. The molecule has 0 radical (unpaired) electrons. The normalized spacial score (nSPS) is 10.6. The van der Waals surface area contributed by atoms with Gasteiger partial charge in [0.2, 0.25) is 0 Å². The first-order chi connectivity index (χ1) is 18.0. The molecule has 1 heterocycles. The highest BCUT2D eigenvalue weighted by Gasteiger charge is 2.21. The van der Waals surface area contributed by atoms with Crippen LogP contribution < -0.4 is 24.0 Å². The third kappa shape index (κ3) is 6.53. The summed E-state index contributed by atoms with van der Waals surface area (Å²) < 4.78 is 17.7. The van der Waals surface area contributed by atoms with E-state index in [4.69, 9.17) is 14.2 Å². The fourth-order valence-corrected chi connectivity index (χ4v) is 4.34. The lowest BCUT2D eigenvalue weighted by molar-refractivity contribution is 0.0729. The molecule has 3 rings (SSSR count). The Labute approximate surface area is 221 Å². The SMILES string of the molecule is CCOc1cc(N(CC)CC)ccc1OC(=O)c1cccnc1-c1ccc(N(CC)CC)cc1OCC.